The molecule has 0 saturated heterocycles. The Hall–Kier alpha value is -2.60. The maximum Gasteiger partial charge on any atom is 0.270 e. The maximum atomic E-state index is 10.7. The minimum Gasteiger partial charge on any atom is -0.369 e. The molecule has 0 N–H and O–H groups in total. The van der Waals surface area contributed by atoms with E-state index in [4.69, 9.17) is 10.5 Å². The summed E-state index contributed by atoms with van der Waals surface area (Å²) in [7, 11) is 0. The van der Waals surface area contributed by atoms with Gasteiger partial charge < -0.3 is 4.90 Å². The summed E-state index contributed by atoms with van der Waals surface area (Å²) < 4.78 is 0. The van der Waals surface area contributed by atoms with Gasteiger partial charge in [-0.25, -0.2) is 0 Å². The van der Waals surface area contributed by atoms with E-state index in [2.05, 4.69) is 6.07 Å². The molecule has 0 unspecified atom stereocenters. The molecular weight excluding hydrogens is 244 g/mol. The van der Waals surface area contributed by atoms with Crippen molar-refractivity contribution in [1.29, 1.82) is 10.5 Å². The van der Waals surface area contributed by atoms with E-state index in [0.29, 0.717) is 18.8 Å². The highest BCUT2D eigenvalue weighted by atomic mass is 16.6. The zero-order valence-electron chi connectivity index (χ0n) is 10.8. The SMILES string of the molecule is CCN(C[C@@H](C)C#N)c1ccc([N+](=O)[O-])cc1C#N. The smallest absolute Gasteiger partial charge is 0.270 e. The van der Waals surface area contributed by atoms with E-state index in [1.807, 2.05) is 17.9 Å². The zero-order chi connectivity index (χ0) is 14.4. The van der Waals surface area contributed by atoms with Crippen LogP contribution < -0.4 is 4.90 Å². The molecule has 1 aromatic rings. The number of nitro groups is 1. The molecule has 0 aromatic heterocycles. The predicted octanol–water partition coefficient (Wildman–Crippen LogP) is 2.45. The topological polar surface area (TPSA) is 94.0 Å². The minimum absolute atomic E-state index is 0.107. The van der Waals surface area contributed by atoms with Crippen LogP contribution in [0.25, 0.3) is 0 Å². The molecule has 19 heavy (non-hydrogen) atoms. The van der Waals surface area contributed by atoms with Gasteiger partial charge in [0.25, 0.3) is 5.69 Å². The van der Waals surface area contributed by atoms with E-state index >= 15 is 0 Å². The van der Waals surface area contributed by atoms with Crippen molar-refractivity contribution in [2.75, 3.05) is 18.0 Å². The fraction of sp³-hybridized carbons (Fsp3) is 0.385. The molecule has 0 heterocycles. The minimum atomic E-state index is -0.529. The normalized spacial score (nSPS) is 11.2. The first-order chi connectivity index (χ1) is 9.03. The average molecular weight is 258 g/mol. The Bertz CT molecular complexity index is 557. The lowest BCUT2D eigenvalue weighted by molar-refractivity contribution is -0.384. The molecule has 0 saturated carbocycles. The van der Waals surface area contributed by atoms with Crippen LogP contribution >= 0.6 is 0 Å². The lowest BCUT2D eigenvalue weighted by Gasteiger charge is -2.24. The van der Waals surface area contributed by atoms with Crippen LogP contribution in [0.4, 0.5) is 11.4 Å². The molecule has 0 aliphatic carbocycles. The van der Waals surface area contributed by atoms with E-state index in [0.717, 1.165) is 0 Å². The fourth-order valence-corrected chi connectivity index (χ4v) is 1.77. The average Bonchev–Trinajstić information content (AvgIpc) is 2.43. The fourth-order valence-electron chi connectivity index (χ4n) is 1.77. The molecule has 1 rings (SSSR count). The van der Waals surface area contributed by atoms with Crippen LogP contribution in [0, 0.1) is 38.7 Å². The Morgan fingerprint density at radius 3 is 2.63 bits per heavy atom. The molecule has 6 heteroatoms. The van der Waals surface area contributed by atoms with E-state index in [9.17, 15) is 10.1 Å². The predicted molar refractivity (Wildman–Crippen MR) is 70.5 cm³/mol. The van der Waals surface area contributed by atoms with Gasteiger partial charge in [0.1, 0.15) is 6.07 Å². The van der Waals surface area contributed by atoms with Gasteiger partial charge in [-0.3, -0.25) is 10.1 Å². The van der Waals surface area contributed by atoms with Crippen LogP contribution in [0.3, 0.4) is 0 Å². The molecule has 0 spiro atoms. The lowest BCUT2D eigenvalue weighted by Crippen LogP contribution is -2.28. The summed E-state index contributed by atoms with van der Waals surface area (Å²) in [5.41, 5.74) is 0.767. The van der Waals surface area contributed by atoms with Crippen LogP contribution in [0.5, 0.6) is 0 Å². The van der Waals surface area contributed by atoms with Crippen LogP contribution in [0.15, 0.2) is 18.2 Å². The first-order valence-electron chi connectivity index (χ1n) is 5.86. The van der Waals surface area contributed by atoms with Crippen LogP contribution in [0.2, 0.25) is 0 Å². The number of non-ortho nitro benzene ring substituents is 1. The third kappa shape index (κ3) is 3.43. The monoisotopic (exact) mass is 258 g/mol. The van der Waals surface area contributed by atoms with Gasteiger partial charge in [0.15, 0.2) is 0 Å². The molecule has 0 radical (unpaired) electrons. The summed E-state index contributed by atoms with van der Waals surface area (Å²) >= 11 is 0. The Morgan fingerprint density at radius 2 is 2.16 bits per heavy atom. The van der Waals surface area contributed by atoms with Crippen molar-refractivity contribution in [3.63, 3.8) is 0 Å². The van der Waals surface area contributed by atoms with E-state index < -0.39 is 4.92 Å². The Morgan fingerprint density at radius 1 is 1.47 bits per heavy atom. The van der Waals surface area contributed by atoms with Crippen LogP contribution in [0.1, 0.15) is 19.4 Å². The number of nitrogens with zero attached hydrogens (tertiary/aromatic N) is 4. The highest BCUT2D eigenvalue weighted by Gasteiger charge is 2.16. The molecule has 0 aliphatic heterocycles. The van der Waals surface area contributed by atoms with E-state index in [-0.39, 0.29) is 17.2 Å². The summed E-state index contributed by atoms with van der Waals surface area (Å²) in [5.74, 6) is -0.179. The molecule has 98 valence electrons. The number of hydrogen-bond donors (Lipinski definition) is 0. The van der Waals surface area contributed by atoms with Crippen molar-refractivity contribution in [3.05, 3.63) is 33.9 Å². The number of hydrogen-bond acceptors (Lipinski definition) is 5. The van der Waals surface area contributed by atoms with Crippen molar-refractivity contribution >= 4 is 11.4 Å². The second kappa shape index (κ2) is 6.36. The molecule has 0 bridgehead atoms. The molecule has 1 atom stereocenters. The van der Waals surface area contributed by atoms with Crippen LogP contribution in [-0.4, -0.2) is 18.0 Å². The molecular formula is C13H14N4O2. The van der Waals surface area contributed by atoms with Gasteiger partial charge >= 0.3 is 0 Å². The zero-order valence-corrected chi connectivity index (χ0v) is 10.8. The highest BCUT2D eigenvalue weighted by Crippen LogP contribution is 2.25. The van der Waals surface area contributed by atoms with Gasteiger partial charge in [0.05, 0.1) is 28.2 Å². The number of rotatable bonds is 5. The third-order valence-corrected chi connectivity index (χ3v) is 2.75. The van der Waals surface area contributed by atoms with E-state index in [1.165, 1.54) is 12.1 Å². The lowest BCUT2D eigenvalue weighted by atomic mass is 10.1. The quantitative estimate of drug-likeness (QED) is 0.597. The summed E-state index contributed by atoms with van der Waals surface area (Å²) in [5, 5.41) is 28.6. The van der Waals surface area contributed by atoms with Crippen molar-refractivity contribution in [1.82, 2.24) is 0 Å². The summed E-state index contributed by atoms with van der Waals surface area (Å²) in [6.45, 7) is 4.81. The Labute approximate surface area is 111 Å². The first kappa shape index (κ1) is 14.5. The van der Waals surface area contributed by atoms with Gasteiger partial charge in [-0.1, -0.05) is 0 Å². The standard InChI is InChI=1S/C13H14N4O2/c1-3-16(9-10(2)7-14)13-5-4-12(17(18)19)6-11(13)8-15/h4-6,10H,3,9H2,1-2H3/t10-/m0/s1. The van der Waals surface area contributed by atoms with Gasteiger partial charge in [-0.2, -0.15) is 10.5 Å². The van der Waals surface area contributed by atoms with Gasteiger partial charge in [-0.15, -0.1) is 0 Å². The van der Waals surface area contributed by atoms with Crippen molar-refractivity contribution < 1.29 is 4.92 Å². The first-order valence-corrected chi connectivity index (χ1v) is 5.86. The van der Waals surface area contributed by atoms with Crippen molar-refractivity contribution in [3.8, 4) is 12.1 Å². The Balaban J connectivity index is 3.15. The van der Waals surface area contributed by atoms with Gasteiger partial charge in [0.2, 0.25) is 0 Å². The summed E-state index contributed by atoms with van der Waals surface area (Å²) in [4.78, 5) is 12.0. The molecule has 1 aromatic carbocycles. The number of benzene rings is 1. The van der Waals surface area contributed by atoms with E-state index in [1.54, 1.807) is 13.0 Å². The third-order valence-electron chi connectivity index (χ3n) is 2.75. The second-order valence-corrected chi connectivity index (χ2v) is 4.14. The maximum absolute atomic E-state index is 10.7. The van der Waals surface area contributed by atoms with Crippen molar-refractivity contribution in [2.45, 2.75) is 13.8 Å². The number of nitriles is 2. The van der Waals surface area contributed by atoms with Crippen molar-refractivity contribution in [2.24, 2.45) is 5.92 Å². The summed E-state index contributed by atoms with van der Waals surface area (Å²) in [6.07, 6.45) is 0. The second-order valence-electron chi connectivity index (χ2n) is 4.14. The molecule has 6 nitrogen and oxygen atoms in total. The van der Waals surface area contributed by atoms with Gasteiger partial charge in [0, 0.05) is 25.2 Å². The summed E-state index contributed by atoms with van der Waals surface area (Å²) in [6, 6.07) is 8.29. The molecule has 0 aliphatic rings. The molecule has 0 amide bonds. The highest BCUT2D eigenvalue weighted by molar-refractivity contribution is 5.63. The number of nitro benzene ring substituents is 1. The van der Waals surface area contributed by atoms with Crippen LogP contribution in [-0.2, 0) is 0 Å². The Kier molecular flexibility index (Phi) is 4.84. The largest absolute Gasteiger partial charge is 0.369 e. The number of anilines is 1. The van der Waals surface area contributed by atoms with Gasteiger partial charge in [-0.05, 0) is 19.9 Å². The molecule has 0 fully saturated rings.